The van der Waals surface area contributed by atoms with Gasteiger partial charge < -0.3 is 4.90 Å². The summed E-state index contributed by atoms with van der Waals surface area (Å²) in [5, 5.41) is 4.97. The molecular formula is C82H55N. The van der Waals surface area contributed by atoms with Gasteiger partial charge in [0, 0.05) is 17.1 Å². The summed E-state index contributed by atoms with van der Waals surface area (Å²) in [6, 6.07) is 124. The third kappa shape index (κ3) is 7.41. The van der Waals surface area contributed by atoms with E-state index in [4.69, 9.17) is 0 Å². The second-order valence-corrected chi connectivity index (χ2v) is 22.2. The Morgan fingerprint density at radius 2 is 0.518 bits per heavy atom. The Morgan fingerprint density at radius 3 is 0.952 bits per heavy atom. The summed E-state index contributed by atoms with van der Waals surface area (Å²) in [5.74, 6) is 0. The molecule has 0 bridgehead atoms. The van der Waals surface area contributed by atoms with Gasteiger partial charge in [0.05, 0.1) is 10.8 Å². The van der Waals surface area contributed by atoms with Crippen LogP contribution in [0.3, 0.4) is 0 Å². The monoisotopic (exact) mass is 1050 g/mol. The highest BCUT2D eigenvalue weighted by atomic mass is 15.1. The molecule has 2 aliphatic carbocycles. The number of hydrogen-bond donors (Lipinski definition) is 0. The van der Waals surface area contributed by atoms with E-state index >= 15 is 0 Å². The fourth-order valence-corrected chi connectivity index (χ4v) is 14.6. The third-order valence-corrected chi connectivity index (χ3v) is 18.0. The van der Waals surface area contributed by atoms with Gasteiger partial charge in [0.15, 0.2) is 0 Å². The molecule has 16 rings (SSSR count). The molecule has 0 saturated heterocycles. The molecule has 83 heavy (non-hydrogen) atoms. The van der Waals surface area contributed by atoms with Gasteiger partial charge in [-0.25, -0.2) is 0 Å². The lowest BCUT2D eigenvalue weighted by Crippen LogP contribution is -2.29. The van der Waals surface area contributed by atoms with Crippen molar-refractivity contribution in [3.63, 3.8) is 0 Å². The topological polar surface area (TPSA) is 3.24 Å². The zero-order chi connectivity index (χ0) is 54.9. The predicted octanol–water partition coefficient (Wildman–Crippen LogP) is 21.2. The van der Waals surface area contributed by atoms with Crippen LogP contribution in [0.15, 0.2) is 334 Å². The highest BCUT2D eigenvalue weighted by Crippen LogP contribution is 2.60. The van der Waals surface area contributed by atoms with Gasteiger partial charge in [-0.2, -0.15) is 0 Å². The molecule has 0 aromatic heterocycles. The van der Waals surface area contributed by atoms with E-state index in [2.05, 4.69) is 339 Å². The molecule has 14 aromatic carbocycles. The quantitative estimate of drug-likeness (QED) is 0.123. The summed E-state index contributed by atoms with van der Waals surface area (Å²) >= 11 is 0. The van der Waals surface area contributed by atoms with Crippen LogP contribution in [0.4, 0.5) is 17.1 Å². The molecule has 0 saturated carbocycles. The van der Waals surface area contributed by atoms with Gasteiger partial charge in [0.25, 0.3) is 0 Å². The zero-order valence-corrected chi connectivity index (χ0v) is 45.7. The van der Waals surface area contributed by atoms with Crippen molar-refractivity contribution in [3.8, 4) is 55.6 Å². The first-order chi connectivity index (χ1) is 41.2. The van der Waals surface area contributed by atoms with Crippen LogP contribution in [-0.2, 0) is 10.8 Å². The second-order valence-electron chi connectivity index (χ2n) is 22.2. The Kier molecular flexibility index (Phi) is 11.4. The molecule has 1 heteroatoms. The molecule has 14 aromatic rings. The van der Waals surface area contributed by atoms with Crippen molar-refractivity contribution in [2.75, 3.05) is 4.90 Å². The smallest absolute Gasteiger partial charge is 0.0714 e. The molecule has 2 aliphatic rings. The number of benzene rings is 14. The van der Waals surface area contributed by atoms with Gasteiger partial charge in [0.1, 0.15) is 0 Å². The van der Waals surface area contributed by atoms with Gasteiger partial charge in [-0.1, -0.05) is 291 Å². The molecule has 0 N–H and O–H groups in total. The third-order valence-electron chi connectivity index (χ3n) is 18.0. The average Bonchev–Trinajstić information content (AvgIpc) is 4.24. The van der Waals surface area contributed by atoms with Crippen LogP contribution >= 0.6 is 0 Å². The first kappa shape index (κ1) is 48.3. The molecule has 0 spiro atoms. The Morgan fingerprint density at radius 1 is 0.193 bits per heavy atom. The fraction of sp³-hybridized carbons (Fsp3) is 0.0244. The lowest BCUT2D eigenvalue weighted by molar-refractivity contribution is 0.767. The van der Waals surface area contributed by atoms with E-state index in [-0.39, 0.29) is 0 Å². The Hall–Kier alpha value is -10.6. The second kappa shape index (κ2) is 19.6. The maximum Gasteiger partial charge on any atom is 0.0714 e. The van der Waals surface area contributed by atoms with E-state index in [9.17, 15) is 0 Å². The van der Waals surface area contributed by atoms with Crippen LogP contribution in [-0.4, -0.2) is 0 Å². The van der Waals surface area contributed by atoms with Crippen molar-refractivity contribution in [2.24, 2.45) is 0 Å². The molecular weight excluding hydrogens is 999 g/mol. The van der Waals surface area contributed by atoms with Gasteiger partial charge >= 0.3 is 0 Å². The minimum Gasteiger partial charge on any atom is -0.310 e. The Bertz CT molecular complexity index is 4480. The van der Waals surface area contributed by atoms with Crippen LogP contribution in [0.25, 0.3) is 77.2 Å². The van der Waals surface area contributed by atoms with Crippen LogP contribution < -0.4 is 4.90 Å². The van der Waals surface area contributed by atoms with E-state index in [0.717, 1.165) is 22.6 Å². The van der Waals surface area contributed by atoms with Crippen molar-refractivity contribution in [3.05, 3.63) is 378 Å². The van der Waals surface area contributed by atoms with Gasteiger partial charge in [-0.3, -0.25) is 0 Å². The van der Waals surface area contributed by atoms with Crippen LogP contribution in [0, 0.1) is 0 Å². The standard InChI is InChI=1S/C82H55N/c1-7-25-57(26-8-1)79-71-39-19-20-40-72(71)80(58-27-9-2-10-28-58)74-53-59(45-50-73(74)79)56-43-46-64(47-44-56)83(65-48-51-69-67-37-21-23-41-75(67)81(77(69)54-65,60-29-11-3-12-30-60)61-31-13-4-14-32-61)66-49-52-70-68-38-22-24-42-76(68)82(78(70)55-66,62-33-15-5-16-34-62)63-35-17-6-18-36-63/h1-55H. The van der Waals surface area contributed by atoms with Gasteiger partial charge in [-0.15, -0.1) is 0 Å². The molecule has 0 fully saturated rings. The zero-order valence-electron chi connectivity index (χ0n) is 45.7. The fourth-order valence-electron chi connectivity index (χ4n) is 14.6. The number of nitrogens with zero attached hydrogens (tertiary/aromatic N) is 1. The van der Waals surface area contributed by atoms with Crippen LogP contribution in [0.1, 0.15) is 44.5 Å². The summed E-state index contributed by atoms with van der Waals surface area (Å²) in [5.41, 5.74) is 24.4. The molecule has 388 valence electrons. The first-order valence-electron chi connectivity index (χ1n) is 28.9. The normalized spacial score (nSPS) is 13.3. The highest BCUT2D eigenvalue weighted by molar-refractivity contribution is 6.22. The van der Waals surface area contributed by atoms with Crippen LogP contribution in [0.5, 0.6) is 0 Å². The molecule has 0 radical (unpaired) electrons. The molecule has 0 aliphatic heterocycles. The molecule has 1 nitrogen and oxygen atoms in total. The van der Waals surface area contributed by atoms with Crippen molar-refractivity contribution >= 4 is 38.6 Å². The van der Waals surface area contributed by atoms with Crippen molar-refractivity contribution in [1.29, 1.82) is 0 Å². The van der Waals surface area contributed by atoms with Crippen molar-refractivity contribution in [2.45, 2.75) is 10.8 Å². The molecule has 0 heterocycles. The van der Waals surface area contributed by atoms with Crippen LogP contribution in [0.2, 0.25) is 0 Å². The summed E-state index contributed by atoms with van der Waals surface area (Å²) in [7, 11) is 0. The number of rotatable bonds is 10. The van der Waals surface area contributed by atoms with E-state index in [0.29, 0.717) is 0 Å². The summed E-state index contributed by atoms with van der Waals surface area (Å²) < 4.78 is 0. The molecule has 0 atom stereocenters. The van der Waals surface area contributed by atoms with E-state index in [1.54, 1.807) is 0 Å². The Balaban J connectivity index is 0.926. The summed E-state index contributed by atoms with van der Waals surface area (Å²) in [6.07, 6.45) is 0. The van der Waals surface area contributed by atoms with Gasteiger partial charge in [-0.05, 0) is 164 Å². The number of fused-ring (bicyclic) bond motifs is 8. The molecule has 0 unspecified atom stereocenters. The van der Waals surface area contributed by atoms with E-state index in [1.165, 1.54) is 116 Å². The van der Waals surface area contributed by atoms with Gasteiger partial charge in [0.2, 0.25) is 0 Å². The average molecular weight is 1050 g/mol. The predicted molar refractivity (Wildman–Crippen MR) is 347 cm³/mol. The number of hydrogen-bond acceptors (Lipinski definition) is 1. The molecule has 0 amide bonds. The summed E-state index contributed by atoms with van der Waals surface area (Å²) in [4.78, 5) is 2.50. The van der Waals surface area contributed by atoms with E-state index < -0.39 is 10.8 Å². The maximum absolute atomic E-state index is 2.50. The highest BCUT2D eigenvalue weighted by Gasteiger charge is 2.48. The van der Waals surface area contributed by atoms with Crippen molar-refractivity contribution in [1.82, 2.24) is 0 Å². The largest absolute Gasteiger partial charge is 0.310 e. The maximum atomic E-state index is 2.50. The van der Waals surface area contributed by atoms with E-state index in [1.807, 2.05) is 0 Å². The summed E-state index contributed by atoms with van der Waals surface area (Å²) in [6.45, 7) is 0. The SMILES string of the molecule is c1ccc(-c2c3ccccc3c(-c3ccccc3)c3cc(-c4ccc(N(c5ccc6c(c5)C(c5ccccc5)(c5ccccc5)c5ccccc5-6)c5ccc6c(c5)C(c5ccccc5)(c5ccccc5)c5ccccc5-6)cc4)ccc23)cc1. The van der Waals surface area contributed by atoms with Crippen molar-refractivity contribution < 1.29 is 0 Å². The Labute approximate surface area is 485 Å². The lowest BCUT2D eigenvalue weighted by atomic mass is 9.67. The number of anilines is 3. The minimum atomic E-state index is -0.574. The first-order valence-corrected chi connectivity index (χ1v) is 28.9. The lowest BCUT2D eigenvalue weighted by Gasteiger charge is -2.36. The minimum absolute atomic E-state index is 0.574.